The fourth-order valence-electron chi connectivity index (χ4n) is 9.25. The first-order valence-corrected chi connectivity index (χ1v) is 13.0. The van der Waals surface area contributed by atoms with Crippen LogP contribution in [0, 0.1) is 34.0 Å². The predicted molar refractivity (Wildman–Crippen MR) is 122 cm³/mol. The fourth-order valence-corrected chi connectivity index (χ4v) is 9.25. The summed E-state index contributed by atoms with van der Waals surface area (Å²) in [6.45, 7) is 8.13. The minimum Gasteiger partial charge on any atom is -0.396 e. The lowest BCUT2D eigenvalue weighted by Crippen LogP contribution is -2.67. The van der Waals surface area contributed by atoms with Crippen LogP contribution < -0.4 is 0 Å². The third-order valence-electron chi connectivity index (χ3n) is 10.6. The second-order valence-electron chi connectivity index (χ2n) is 12.5. The molecule has 0 amide bonds. The Morgan fingerprint density at radius 2 is 1.74 bits per heavy atom. The topological polar surface area (TPSA) is 140 Å². The number of ether oxygens (including phenoxy) is 2. The van der Waals surface area contributed by atoms with Gasteiger partial charge in [-0.1, -0.05) is 26.8 Å². The van der Waals surface area contributed by atoms with Crippen molar-refractivity contribution in [1.82, 2.24) is 0 Å². The van der Waals surface area contributed by atoms with Crippen molar-refractivity contribution >= 4 is 0 Å². The molecule has 34 heavy (non-hydrogen) atoms. The van der Waals surface area contributed by atoms with Gasteiger partial charge in [-0.25, -0.2) is 0 Å². The highest BCUT2D eigenvalue weighted by atomic mass is 16.7. The summed E-state index contributed by atoms with van der Waals surface area (Å²) in [4.78, 5) is 0. The molecule has 1 saturated heterocycles. The minimum atomic E-state index is -1.51. The van der Waals surface area contributed by atoms with E-state index in [1.165, 1.54) is 0 Å². The zero-order valence-electron chi connectivity index (χ0n) is 20.3. The van der Waals surface area contributed by atoms with Crippen LogP contribution in [0.3, 0.4) is 0 Å². The van der Waals surface area contributed by atoms with E-state index in [2.05, 4.69) is 20.4 Å². The van der Waals surface area contributed by atoms with E-state index >= 15 is 0 Å². The van der Waals surface area contributed by atoms with Gasteiger partial charge in [-0.15, -0.1) is 0 Å². The Labute approximate surface area is 201 Å². The summed E-state index contributed by atoms with van der Waals surface area (Å²) >= 11 is 0. The molecule has 12 atom stereocenters. The van der Waals surface area contributed by atoms with Gasteiger partial charge in [0.15, 0.2) is 6.29 Å². The lowest BCUT2D eigenvalue weighted by atomic mass is 9.39. The normalized spacial score (nSPS) is 54.4. The van der Waals surface area contributed by atoms with Crippen molar-refractivity contribution < 1.29 is 40.1 Å². The first kappa shape index (κ1) is 25.1. The Bertz CT molecular complexity index is 800. The molecule has 0 aromatic carbocycles. The van der Waals surface area contributed by atoms with Crippen LogP contribution in [0.2, 0.25) is 0 Å². The Hall–Kier alpha value is -0.580. The highest BCUT2D eigenvalue weighted by Crippen LogP contribution is 2.72. The molecule has 6 N–H and O–H groups in total. The summed E-state index contributed by atoms with van der Waals surface area (Å²) in [5, 5.41) is 63.4. The molecule has 5 fully saturated rings. The Balaban J connectivity index is 1.55. The average Bonchev–Trinajstić information content (AvgIpc) is 2.98. The van der Waals surface area contributed by atoms with E-state index in [1.54, 1.807) is 0 Å². The Kier molecular flexibility index (Phi) is 6.26. The van der Waals surface area contributed by atoms with Crippen molar-refractivity contribution in [3.63, 3.8) is 0 Å². The lowest BCUT2D eigenvalue weighted by Gasteiger charge is -2.67. The first-order valence-electron chi connectivity index (χ1n) is 13.0. The van der Waals surface area contributed by atoms with Gasteiger partial charge in [0, 0.05) is 17.4 Å². The van der Waals surface area contributed by atoms with Crippen molar-refractivity contribution in [1.29, 1.82) is 0 Å². The molecule has 0 aromatic rings. The van der Waals surface area contributed by atoms with Crippen LogP contribution in [0.15, 0.2) is 12.2 Å². The van der Waals surface area contributed by atoms with E-state index in [0.29, 0.717) is 6.42 Å². The van der Waals surface area contributed by atoms with Crippen molar-refractivity contribution in [2.24, 2.45) is 34.0 Å². The van der Waals surface area contributed by atoms with Gasteiger partial charge in [0.1, 0.15) is 24.4 Å². The molecule has 1 heterocycles. The molecule has 194 valence electrons. The minimum absolute atomic E-state index is 0.00587. The summed E-state index contributed by atoms with van der Waals surface area (Å²) in [6, 6.07) is 0. The lowest BCUT2D eigenvalue weighted by molar-refractivity contribution is -0.339. The van der Waals surface area contributed by atoms with Crippen molar-refractivity contribution in [3.8, 4) is 0 Å². The monoisotopic (exact) mass is 482 g/mol. The molecule has 4 aliphatic carbocycles. The SMILES string of the molecule is C=C1[C@@H]2CC[C@@H]3[C@](C2)(C[C@H](O[C@@H]2O[C@H](CO)[C@@H](O)[C@H](O)[C@H]2O)[C@@H]2C(C)(C)CCC[C@@]32CO)[C@@H]1O. The van der Waals surface area contributed by atoms with Crippen molar-refractivity contribution in [2.75, 3.05) is 13.2 Å². The predicted octanol–water partition coefficient (Wildman–Crippen LogP) is 0.714. The van der Waals surface area contributed by atoms with Gasteiger partial charge in [0.25, 0.3) is 0 Å². The molecule has 5 aliphatic rings. The molecular weight excluding hydrogens is 440 g/mol. The molecular formula is C26H42O8. The summed E-state index contributed by atoms with van der Waals surface area (Å²) < 4.78 is 12.2. The second kappa shape index (κ2) is 8.48. The van der Waals surface area contributed by atoms with E-state index in [4.69, 9.17) is 9.47 Å². The molecule has 0 radical (unpaired) electrons. The second-order valence-corrected chi connectivity index (χ2v) is 12.5. The Morgan fingerprint density at radius 3 is 2.41 bits per heavy atom. The summed E-state index contributed by atoms with van der Waals surface area (Å²) in [6.07, 6.45) is -1.71. The zero-order chi connectivity index (χ0) is 24.6. The molecule has 8 heteroatoms. The third-order valence-corrected chi connectivity index (χ3v) is 10.6. The average molecular weight is 483 g/mol. The van der Waals surface area contributed by atoms with Gasteiger partial charge in [-0.3, -0.25) is 0 Å². The molecule has 1 spiro atoms. The van der Waals surface area contributed by atoms with Gasteiger partial charge < -0.3 is 40.1 Å². The number of hydrogen-bond donors (Lipinski definition) is 6. The zero-order valence-corrected chi connectivity index (χ0v) is 20.3. The van der Waals surface area contributed by atoms with Gasteiger partial charge in [-0.2, -0.15) is 0 Å². The van der Waals surface area contributed by atoms with Crippen LogP contribution in [0.5, 0.6) is 0 Å². The van der Waals surface area contributed by atoms with Gasteiger partial charge in [0.2, 0.25) is 0 Å². The maximum Gasteiger partial charge on any atom is 0.186 e. The van der Waals surface area contributed by atoms with Crippen LogP contribution >= 0.6 is 0 Å². The highest BCUT2D eigenvalue weighted by Gasteiger charge is 2.70. The van der Waals surface area contributed by atoms with E-state index < -0.39 is 60.4 Å². The number of aliphatic hydroxyl groups excluding tert-OH is 6. The number of fused-ring (bicyclic) bond motifs is 3. The van der Waals surface area contributed by atoms with Crippen LogP contribution in [-0.4, -0.2) is 86.8 Å². The van der Waals surface area contributed by atoms with E-state index in [0.717, 1.165) is 44.1 Å². The maximum atomic E-state index is 11.5. The smallest absolute Gasteiger partial charge is 0.186 e. The van der Waals surface area contributed by atoms with E-state index in [-0.39, 0.29) is 29.8 Å². The summed E-state index contributed by atoms with van der Waals surface area (Å²) in [7, 11) is 0. The van der Waals surface area contributed by atoms with E-state index in [9.17, 15) is 30.6 Å². The first-order chi connectivity index (χ1) is 16.0. The Morgan fingerprint density at radius 1 is 1.00 bits per heavy atom. The van der Waals surface area contributed by atoms with Crippen molar-refractivity contribution in [2.45, 2.75) is 102 Å². The number of aliphatic hydroxyl groups is 6. The number of hydrogen-bond acceptors (Lipinski definition) is 8. The quantitative estimate of drug-likeness (QED) is 0.254. The molecule has 0 unspecified atom stereocenters. The van der Waals surface area contributed by atoms with Crippen LogP contribution in [-0.2, 0) is 9.47 Å². The highest BCUT2D eigenvalue weighted by molar-refractivity contribution is 5.28. The van der Waals surface area contributed by atoms with Gasteiger partial charge in [0.05, 0.1) is 18.8 Å². The number of rotatable bonds is 4. The standard InChI is InChI=1S/C26H42O8/c1-13-14-5-6-17-25(12-28)8-4-7-24(2,3)21(25)15(10-26(17,9-14)22(13)32)33-23-20(31)19(30)18(29)16(11-27)34-23/h14-23,27-32H,1,4-12H2,2-3H3/t14-,15+,16-,17+,18-,19+,20-,21-,22-,23-,25-,26+/m1/s1. The van der Waals surface area contributed by atoms with Crippen LogP contribution in [0.25, 0.3) is 0 Å². The maximum absolute atomic E-state index is 11.5. The van der Waals surface area contributed by atoms with E-state index in [1.807, 2.05) is 0 Å². The van der Waals surface area contributed by atoms with Crippen molar-refractivity contribution in [3.05, 3.63) is 12.2 Å². The summed E-state index contributed by atoms with van der Waals surface area (Å²) in [5.41, 5.74) is -0.157. The van der Waals surface area contributed by atoms with Gasteiger partial charge in [-0.05, 0) is 67.3 Å². The van der Waals surface area contributed by atoms with Crippen LogP contribution in [0.4, 0.5) is 0 Å². The molecule has 1 aliphatic heterocycles. The molecule has 0 aromatic heterocycles. The largest absolute Gasteiger partial charge is 0.396 e. The molecule has 5 rings (SSSR count). The third kappa shape index (κ3) is 3.33. The fraction of sp³-hybridized carbons (Fsp3) is 0.923. The summed E-state index contributed by atoms with van der Waals surface area (Å²) in [5.74, 6) is 0.372. The molecule has 2 bridgehead atoms. The molecule has 4 saturated carbocycles. The molecule has 8 nitrogen and oxygen atoms in total. The van der Waals surface area contributed by atoms with Crippen LogP contribution in [0.1, 0.15) is 58.8 Å². The van der Waals surface area contributed by atoms with Gasteiger partial charge >= 0.3 is 0 Å².